The molecule has 2 rings (SSSR count). The molecule has 1 aliphatic heterocycles. The van der Waals surface area contributed by atoms with Gasteiger partial charge in [0.25, 0.3) is 0 Å². The van der Waals surface area contributed by atoms with Crippen molar-refractivity contribution in [3.8, 4) is 0 Å². The normalized spacial score (nSPS) is 21.1. The highest BCUT2D eigenvalue weighted by atomic mass is 19.2. The Bertz CT molecular complexity index is 461. The summed E-state index contributed by atoms with van der Waals surface area (Å²) in [5.74, 6) is -2.03. The van der Waals surface area contributed by atoms with Crippen molar-refractivity contribution < 1.29 is 13.6 Å². The summed E-state index contributed by atoms with van der Waals surface area (Å²) in [6.07, 6.45) is 4.57. The number of halogens is 2. The van der Waals surface area contributed by atoms with Crippen LogP contribution >= 0.6 is 0 Å². The molecular formula is C15H19F2NO. The third-order valence-corrected chi connectivity index (χ3v) is 3.78. The lowest BCUT2D eigenvalue weighted by Gasteiger charge is -2.26. The fraction of sp³-hybridized carbons (Fsp3) is 0.533. The van der Waals surface area contributed by atoms with E-state index in [9.17, 15) is 13.6 Å². The van der Waals surface area contributed by atoms with Gasteiger partial charge in [-0.25, -0.2) is 8.78 Å². The Morgan fingerprint density at radius 2 is 2.05 bits per heavy atom. The van der Waals surface area contributed by atoms with Crippen molar-refractivity contribution in [1.82, 2.24) is 4.90 Å². The number of carbonyl (C=O) groups is 1. The summed E-state index contributed by atoms with van der Waals surface area (Å²) in [6.45, 7) is 3.30. The summed E-state index contributed by atoms with van der Waals surface area (Å²) in [7, 11) is 0. The molecule has 0 bridgehead atoms. The molecule has 0 saturated carbocycles. The topological polar surface area (TPSA) is 20.3 Å². The molecule has 0 amide bonds. The molecule has 4 heteroatoms. The fourth-order valence-electron chi connectivity index (χ4n) is 2.51. The molecule has 0 spiro atoms. The van der Waals surface area contributed by atoms with Gasteiger partial charge in [-0.2, -0.15) is 0 Å². The van der Waals surface area contributed by atoms with Crippen LogP contribution in [0.25, 0.3) is 0 Å². The van der Waals surface area contributed by atoms with Crippen LogP contribution in [0.3, 0.4) is 0 Å². The van der Waals surface area contributed by atoms with Gasteiger partial charge in [0.1, 0.15) is 0 Å². The Kier molecular flexibility index (Phi) is 4.64. The molecule has 1 atom stereocenters. The van der Waals surface area contributed by atoms with E-state index in [2.05, 4.69) is 11.8 Å². The minimum atomic E-state index is -0.963. The first-order valence-corrected chi connectivity index (χ1v) is 6.80. The van der Waals surface area contributed by atoms with Crippen LogP contribution in [0.5, 0.6) is 0 Å². The lowest BCUT2D eigenvalue weighted by atomic mass is 10.1. The highest BCUT2D eigenvalue weighted by Crippen LogP contribution is 2.17. The predicted octanol–water partition coefficient (Wildman–Crippen LogP) is 3.41. The first-order chi connectivity index (χ1) is 9.08. The minimum absolute atomic E-state index is 0.146. The second kappa shape index (κ2) is 6.24. The van der Waals surface area contributed by atoms with E-state index in [-0.39, 0.29) is 17.9 Å². The summed E-state index contributed by atoms with van der Waals surface area (Å²) in [6, 6.07) is 3.72. The number of hydrogen-bond donors (Lipinski definition) is 0. The first kappa shape index (κ1) is 14.1. The van der Waals surface area contributed by atoms with Gasteiger partial charge in [0.05, 0.1) is 6.54 Å². The van der Waals surface area contributed by atoms with E-state index in [1.165, 1.54) is 18.9 Å². The van der Waals surface area contributed by atoms with E-state index in [0.29, 0.717) is 6.04 Å². The summed E-state index contributed by atoms with van der Waals surface area (Å²) in [5, 5.41) is 0. The van der Waals surface area contributed by atoms with Gasteiger partial charge in [-0.15, -0.1) is 0 Å². The number of nitrogens with zero attached hydrogens (tertiary/aromatic N) is 1. The molecule has 104 valence electrons. The summed E-state index contributed by atoms with van der Waals surface area (Å²) < 4.78 is 26.0. The smallest absolute Gasteiger partial charge is 0.176 e. The first-order valence-electron chi connectivity index (χ1n) is 6.80. The maximum atomic E-state index is 13.1. The molecule has 0 aliphatic carbocycles. The zero-order valence-electron chi connectivity index (χ0n) is 11.2. The van der Waals surface area contributed by atoms with E-state index in [1.807, 2.05) is 0 Å². The molecule has 1 aromatic rings. The van der Waals surface area contributed by atoms with Crippen molar-refractivity contribution in [1.29, 1.82) is 0 Å². The summed E-state index contributed by atoms with van der Waals surface area (Å²) in [4.78, 5) is 14.2. The highest BCUT2D eigenvalue weighted by molar-refractivity contribution is 5.97. The van der Waals surface area contributed by atoms with Gasteiger partial charge in [0.2, 0.25) is 0 Å². The lowest BCUT2D eigenvalue weighted by molar-refractivity contribution is 0.0901. The third kappa shape index (κ3) is 3.60. The van der Waals surface area contributed by atoms with Gasteiger partial charge in [0, 0.05) is 11.6 Å². The van der Waals surface area contributed by atoms with E-state index in [0.717, 1.165) is 31.5 Å². The van der Waals surface area contributed by atoms with Crippen molar-refractivity contribution >= 4 is 5.78 Å². The van der Waals surface area contributed by atoms with Crippen LogP contribution in [-0.2, 0) is 0 Å². The van der Waals surface area contributed by atoms with E-state index >= 15 is 0 Å². The molecule has 1 heterocycles. The number of hydrogen-bond acceptors (Lipinski definition) is 2. The molecule has 0 radical (unpaired) electrons. The number of likely N-dealkylation sites (tertiary alicyclic amines) is 1. The van der Waals surface area contributed by atoms with Gasteiger partial charge in [0.15, 0.2) is 17.4 Å². The largest absolute Gasteiger partial charge is 0.293 e. The maximum absolute atomic E-state index is 13.1. The van der Waals surface area contributed by atoms with Crippen molar-refractivity contribution in [2.75, 3.05) is 13.1 Å². The Morgan fingerprint density at radius 3 is 2.79 bits per heavy atom. The molecule has 0 aromatic heterocycles. The van der Waals surface area contributed by atoms with Crippen molar-refractivity contribution in [2.24, 2.45) is 0 Å². The molecule has 1 aromatic carbocycles. The molecule has 19 heavy (non-hydrogen) atoms. The van der Waals surface area contributed by atoms with Crippen LogP contribution < -0.4 is 0 Å². The Hall–Kier alpha value is -1.29. The zero-order chi connectivity index (χ0) is 13.8. The maximum Gasteiger partial charge on any atom is 0.176 e. The van der Waals surface area contributed by atoms with E-state index in [4.69, 9.17) is 0 Å². The Morgan fingerprint density at radius 1 is 1.26 bits per heavy atom. The second-order valence-corrected chi connectivity index (χ2v) is 5.22. The molecular weight excluding hydrogens is 248 g/mol. The van der Waals surface area contributed by atoms with Gasteiger partial charge in [-0.3, -0.25) is 9.69 Å². The second-order valence-electron chi connectivity index (χ2n) is 5.22. The average molecular weight is 267 g/mol. The lowest BCUT2D eigenvalue weighted by Crippen LogP contribution is -2.37. The van der Waals surface area contributed by atoms with E-state index in [1.54, 1.807) is 0 Å². The standard InChI is InChI=1S/C15H19F2NO/c1-11-5-3-2-4-8-18(11)10-15(19)12-6-7-13(16)14(17)9-12/h6-7,9,11H,2-5,8,10H2,1H3. The van der Waals surface area contributed by atoms with Crippen LogP contribution in [0.4, 0.5) is 8.78 Å². The quantitative estimate of drug-likeness (QED) is 0.782. The number of ketones is 1. The minimum Gasteiger partial charge on any atom is -0.293 e. The van der Waals surface area contributed by atoms with E-state index < -0.39 is 11.6 Å². The molecule has 1 fully saturated rings. The molecule has 0 N–H and O–H groups in total. The molecule has 2 nitrogen and oxygen atoms in total. The van der Waals surface area contributed by atoms with Crippen molar-refractivity contribution in [3.05, 3.63) is 35.4 Å². The van der Waals surface area contributed by atoms with Gasteiger partial charge in [-0.05, 0) is 44.5 Å². The highest BCUT2D eigenvalue weighted by Gasteiger charge is 2.20. The van der Waals surface area contributed by atoms with Crippen molar-refractivity contribution in [3.63, 3.8) is 0 Å². The monoisotopic (exact) mass is 267 g/mol. The van der Waals surface area contributed by atoms with Gasteiger partial charge >= 0.3 is 0 Å². The van der Waals surface area contributed by atoms with Gasteiger partial charge < -0.3 is 0 Å². The molecule has 1 saturated heterocycles. The zero-order valence-corrected chi connectivity index (χ0v) is 11.2. The number of Topliss-reactive ketones (excluding diaryl/α,β-unsaturated/α-hetero) is 1. The van der Waals surface area contributed by atoms with Gasteiger partial charge in [-0.1, -0.05) is 12.8 Å². The van der Waals surface area contributed by atoms with Crippen LogP contribution in [0.2, 0.25) is 0 Å². The third-order valence-electron chi connectivity index (χ3n) is 3.78. The summed E-state index contributed by atoms with van der Waals surface area (Å²) >= 11 is 0. The number of benzene rings is 1. The SMILES string of the molecule is CC1CCCCCN1CC(=O)c1ccc(F)c(F)c1. The molecule has 1 aliphatic rings. The predicted molar refractivity (Wildman–Crippen MR) is 70.2 cm³/mol. The fourth-order valence-corrected chi connectivity index (χ4v) is 2.51. The van der Waals surface area contributed by atoms with Crippen molar-refractivity contribution in [2.45, 2.75) is 38.6 Å². The average Bonchev–Trinajstić information content (AvgIpc) is 2.58. The van der Waals surface area contributed by atoms with Crippen LogP contribution in [0, 0.1) is 11.6 Å². The summed E-state index contributed by atoms with van der Waals surface area (Å²) in [5.41, 5.74) is 0.246. The van der Waals surface area contributed by atoms with Crippen LogP contribution in [0.15, 0.2) is 18.2 Å². The Balaban J connectivity index is 2.05. The number of rotatable bonds is 3. The molecule has 1 unspecified atom stereocenters. The number of carbonyl (C=O) groups excluding carboxylic acids is 1. The Labute approximate surface area is 112 Å². The van der Waals surface area contributed by atoms with Crippen LogP contribution in [-0.4, -0.2) is 29.8 Å². The van der Waals surface area contributed by atoms with Crippen LogP contribution in [0.1, 0.15) is 43.0 Å².